The largest absolute Gasteiger partial charge is 0.345 e. The number of amides is 2. The van der Waals surface area contributed by atoms with E-state index in [-0.39, 0.29) is 17.9 Å². The number of hydrogen-bond donors (Lipinski definition) is 0. The van der Waals surface area contributed by atoms with Crippen LogP contribution in [0.2, 0.25) is 0 Å². The van der Waals surface area contributed by atoms with Gasteiger partial charge in [-0.25, -0.2) is 0 Å². The van der Waals surface area contributed by atoms with E-state index in [0.29, 0.717) is 19.0 Å². The average molecular weight is 372 g/mol. The van der Waals surface area contributed by atoms with Crippen molar-refractivity contribution in [3.05, 3.63) is 35.4 Å². The van der Waals surface area contributed by atoms with Crippen LogP contribution in [0.4, 0.5) is 0 Å². The monoisotopic (exact) mass is 371 g/mol. The number of benzene rings is 1. The number of hydrogen-bond acceptors (Lipinski definition) is 3. The maximum absolute atomic E-state index is 13.0. The molecule has 1 aliphatic carbocycles. The van der Waals surface area contributed by atoms with Gasteiger partial charge in [-0.05, 0) is 44.7 Å². The van der Waals surface area contributed by atoms with Crippen molar-refractivity contribution in [2.24, 2.45) is 5.92 Å². The van der Waals surface area contributed by atoms with E-state index in [1.165, 1.54) is 12.8 Å². The second kappa shape index (κ2) is 8.87. The van der Waals surface area contributed by atoms with E-state index in [1.807, 2.05) is 55.0 Å². The van der Waals surface area contributed by atoms with Gasteiger partial charge in [0.1, 0.15) is 0 Å². The number of piperazine rings is 1. The fraction of sp³-hybridized carbons (Fsp3) is 0.636. The van der Waals surface area contributed by atoms with Gasteiger partial charge in [-0.3, -0.25) is 14.5 Å². The third-order valence-electron chi connectivity index (χ3n) is 6.21. The van der Waals surface area contributed by atoms with Crippen molar-refractivity contribution in [1.29, 1.82) is 0 Å². The SMILES string of the molecule is CCN(C)C(=O)C(C1CCCC1)N1CCN(C(=O)c2cccc(C)c2)CC1. The fourth-order valence-electron chi connectivity index (χ4n) is 4.47. The van der Waals surface area contributed by atoms with Gasteiger partial charge in [-0.2, -0.15) is 0 Å². The highest BCUT2D eigenvalue weighted by Crippen LogP contribution is 2.32. The van der Waals surface area contributed by atoms with Crippen LogP contribution >= 0.6 is 0 Å². The van der Waals surface area contributed by atoms with Crippen molar-refractivity contribution in [2.75, 3.05) is 39.8 Å². The van der Waals surface area contributed by atoms with Gasteiger partial charge in [0.05, 0.1) is 6.04 Å². The maximum Gasteiger partial charge on any atom is 0.253 e. The minimum Gasteiger partial charge on any atom is -0.345 e. The molecular weight excluding hydrogens is 338 g/mol. The van der Waals surface area contributed by atoms with Crippen LogP contribution < -0.4 is 0 Å². The number of rotatable bonds is 5. The Kier molecular flexibility index (Phi) is 6.53. The van der Waals surface area contributed by atoms with Crippen LogP contribution in [-0.2, 0) is 4.79 Å². The standard InChI is InChI=1S/C22H33N3O2/c1-4-23(3)22(27)20(18-9-5-6-10-18)24-12-14-25(15-13-24)21(26)19-11-7-8-17(2)16-19/h7-8,11,16,18,20H,4-6,9-10,12-15H2,1-3H3. The number of carbonyl (C=O) groups is 2. The van der Waals surface area contributed by atoms with Gasteiger partial charge in [0.2, 0.25) is 5.91 Å². The summed E-state index contributed by atoms with van der Waals surface area (Å²) in [7, 11) is 1.90. The normalized spacial score (nSPS) is 19.9. The van der Waals surface area contributed by atoms with Crippen molar-refractivity contribution in [3.8, 4) is 0 Å². The molecule has 0 spiro atoms. The smallest absolute Gasteiger partial charge is 0.253 e. The van der Waals surface area contributed by atoms with E-state index < -0.39 is 0 Å². The molecule has 2 fully saturated rings. The predicted molar refractivity (Wildman–Crippen MR) is 108 cm³/mol. The van der Waals surface area contributed by atoms with E-state index in [1.54, 1.807) is 0 Å². The van der Waals surface area contributed by atoms with Gasteiger partial charge < -0.3 is 9.80 Å². The highest BCUT2D eigenvalue weighted by Gasteiger charge is 2.38. The third kappa shape index (κ3) is 4.52. The summed E-state index contributed by atoms with van der Waals surface area (Å²) in [5.41, 5.74) is 1.87. The van der Waals surface area contributed by atoms with Crippen molar-refractivity contribution in [3.63, 3.8) is 0 Å². The number of aryl methyl sites for hydroxylation is 1. The Morgan fingerprint density at radius 1 is 1.15 bits per heavy atom. The van der Waals surface area contributed by atoms with E-state index >= 15 is 0 Å². The zero-order chi connectivity index (χ0) is 19.4. The number of nitrogens with zero attached hydrogens (tertiary/aromatic N) is 3. The van der Waals surface area contributed by atoms with Crippen LogP contribution in [0.3, 0.4) is 0 Å². The Morgan fingerprint density at radius 2 is 1.81 bits per heavy atom. The molecule has 2 amide bonds. The lowest BCUT2D eigenvalue weighted by Gasteiger charge is -2.42. The van der Waals surface area contributed by atoms with Crippen LogP contribution in [0.1, 0.15) is 48.5 Å². The Hall–Kier alpha value is -1.88. The molecule has 5 nitrogen and oxygen atoms in total. The summed E-state index contributed by atoms with van der Waals surface area (Å²) in [6, 6.07) is 7.78. The first kappa shape index (κ1) is 19.9. The van der Waals surface area contributed by atoms with Gasteiger partial charge in [0.15, 0.2) is 0 Å². The molecule has 1 aromatic rings. The van der Waals surface area contributed by atoms with E-state index in [4.69, 9.17) is 0 Å². The van der Waals surface area contributed by atoms with Crippen molar-refractivity contribution in [1.82, 2.24) is 14.7 Å². The van der Waals surface area contributed by atoms with Crippen molar-refractivity contribution in [2.45, 2.75) is 45.6 Å². The highest BCUT2D eigenvalue weighted by molar-refractivity contribution is 5.94. The molecule has 1 saturated heterocycles. The quantitative estimate of drug-likeness (QED) is 0.799. The third-order valence-corrected chi connectivity index (χ3v) is 6.21. The Bertz CT molecular complexity index is 661. The lowest BCUT2D eigenvalue weighted by Crippen LogP contribution is -2.58. The first-order valence-corrected chi connectivity index (χ1v) is 10.4. The molecule has 27 heavy (non-hydrogen) atoms. The number of likely N-dealkylation sites (N-methyl/N-ethyl adjacent to an activating group) is 1. The molecule has 1 aliphatic heterocycles. The van der Waals surface area contributed by atoms with Crippen molar-refractivity contribution >= 4 is 11.8 Å². The maximum atomic E-state index is 13.0. The van der Waals surface area contributed by atoms with Crippen LogP contribution in [-0.4, -0.2) is 72.3 Å². The summed E-state index contributed by atoms with van der Waals surface area (Å²) in [5.74, 6) is 0.821. The molecule has 1 unspecified atom stereocenters. The lowest BCUT2D eigenvalue weighted by atomic mass is 9.94. The fourth-order valence-corrected chi connectivity index (χ4v) is 4.47. The van der Waals surface area contributed by atoms with E-state index in [0.717, 1.165) is 43.6 Å². The summed E-state index contributed by atoms with van der Waals surface area (Å²) in [4.78, 5) is 32.0. The summed E-state index contributed by atoms with van der Waals surface area (Å²) in [6.07, 6.45) is 4.76. The molecule has 5 heteroatoms. The second-order valence-electron chi connectivity index (χ2n) is 8.04. The van der Waals surface area contributed by atoms with Gasteiger partial charge in [-0.15, -0.1) is 0 Å². The molecule has 0 bridgehead atoms. The molecule has 1 atom stereocenters. The summed E-state index contributed by atoms with van der Waals surface area (Å²) >= 11 is 0. The molecule has 1 aromatic carbocycles. The zero-order valence-electron chi connectivity index (χ0n) is 17.0. The molecule has 148 valence electrons. The predicted octanol–water partition coefficient (Wildman–Crippen LogP) is 2.79. The lowest BCUT2D eigenvalue weighted by molar-refractivity contribution is -0.138. The molecular formula is C22H33N3O2. The van der Waals surface area contributed by atoms with Crippen LogP contribution in [0.5, 0.6) is 0 Å². The molecule has 0 radical (unpaired) electrons. The Morgan fingerprint density at radius 3 is 2.41 bits per heavy atom. The topological polar surface area (TPSA) is 43.9 Å². The molecule has 2 aliphatic rings. The first-order valence-electron chi connectivity index (χ1n) is 10.4. The molecule has 3 rings (SSSR count). The average Bonchev–Trinajstić information content (AvgIpc) is 3.21. The Labute approximate surface area is 163 Å². The molecule has 1 saturated carbocycles. The minimum absolute atomic E-state index is 0.0197. The Balaban J connectivity index is 1.66. The van der Waals surface area contributed by atoms with Crippen LogP contribution in [0.15, 0.2) is 24.3 Å². The second-order valence-corrected chi connectivity index (χ2v) is 8.04. The minimum atomic E-state index is -0.0197. The number of carbonyl (C=O) groups excluding carboxylic acids is 2. The van der Waals surface area contributed by atoms with Gasteiger partial charge in [0.25, 0.3) is 5.91 Å². The van der Waals surface area contributed by atoms with Crippen LogP contribution in [0.25, 0.3) is 0 Å². The molecule has 0 aromatic heterocycles. The summed E-state index contributed by atoms with van der Waals surface area (Å²) < 4.78 is 0. The summed E-state index contributed by atoms with van der Waals surface area (Å²) in [5, 5.41) is 0. The van der Waals surface area contributed by atoms with Gasteiger partial charge in [0, 0.05) is 45.3 Å². The first-order chi connectivity index (χ1) is 13.0. The summed E-state index contributed by atoms with van der Waals surface area (Å²) in [6.45, 7) is 7.73. The van der Waals surface area contributed by atoms with E-state index in [2.05, 4.69) is 4.90 Å². The van der Waals surface area contributed by atoms with Crippen molar-refractivity contribution < 1.29 is 9.59 Å². The molecule has 0 N–H and O–H groups in total. The van der Waals surface area contributed by atoms with Gasteiger partial charge >= 0.3 is 0 Å². The van der Waals surface area contributed by atoms with E-state index in [9.17, 15) is 9.59 Å². The molecule has 1 heterocycles. The zero-order valence-corrected chi connectivity index (χ0v) is 17.0. The highest BCUT2D eigenvalue weighted by atomic mass is 16.2. The van der Waals surface area contributed by atoms with Gasteiger partial charge in [-0.1, -0.05) is 30.5 Å². The van der Waals surface area contributed by atoms with Crippen LogP contribution in [0, 0.1) is 12.8 Å².